The van der Waals surface area contributed by atoms with E-state index in [1.54, 1.807) is 18.2 Å². The Morgan fingerprint density at radius 2 is 2.00 bits per heavy atom. The van der Waals surface area contributed by atoms with Gasteiger partial charge in [-0.05, 0) is 73.8 Å². The molecule has 1 saturated heterocycles. The highest BCUT2D eigenvalue weighted by atomic mass is 35.5. The van der Waals surface area contributed by atoms with Gasteiger partial charge in [-0.2, -0.15) is 0 Å². The fourth-order valence-corrected chi connectivity index (χ4v) is 3.89. The summed E-state index contributed by atoms with van der Waals surface area (Å²) in [6.07, 6.45) is 3.26. The number of amides is 1. The quantitative estimate of drug-likeness (QED) is 0.575. The van der Waals surface area contributed by atoms with E-state index in [0.29, 0.717) is 22.9 Å². The molecule has 0 radical (unpaired) electrons. The summed E-state index contributed by atoms with van der Waals surface area (Å²) in [5.74, 6) is 1.14. The smallest absolute Gasteiger partial charge is 0.257 e. The van der Waals surface area contributed by atoms with Crippen molar-refractivity contribution in [1.82, 2.24) is 5.32 Å². The van der Waals surface area contributed by atoms with Gasteiger partial charge < -0.3 is 15.0 Å². The van der Waals surface area contributed by atoms with Gasteiger partial charge in [0, 0.05) is 24.3 Å². The first-order valence-corrected chi connectivity index (χ1v) is 11.1. The number of nitrogens with one attached hydrogen (secondary N) is 2. The third-order valence-electron chi connectivity index (χ3n) is 5.13. The fraction of sp³-hybridized carbons (Fsp3) is 0.391. The normalized spacial score (nSPS) is 14.3. The summed E-state index contributed by atoms with van der Waals surface area (Å²) in [6.45, 7) is 6.96. The molecular weight excluding hydrogens is 418 g/mol. The number of carbonyl (C=O) groups is 1. The molecular formula is C23H28ClN3O2S. The monoisotopic (exact) mass is 445 g/mol. The predicted octanol–water partition coefficient (Wildman–Crippen LogP) is 5.49. The highest BCUT2D eigenvalue weighted by Crippen LogP contribution is 2.31. The molecule has 0 atom stereocenters. The minimum Gasteiger partial charge on any atom is -0.494 e. The SMILES string of the molecule is CCCOc1cccc(C(=O)NC(=S)Nc2ccc(N3CCC(C)CC3)c(Cl)c2)c1. The van der Waals surface area contributed by atoms with E-state index in [-0.39, 0.29) is 11.0 Å². The molecule has 2 aromatic rings. The molecule has 30 heavy (non-hydrogen) atoms. The number of hydrogen-bond donors (Lipinski definition) is 2. The van der Waals surface area contributed by atoms with Gasteiger partial charge in [-0.1, -0.05) is 31.5 Å². The van der Waals surface area contributed by atoms with Gasteiger partial charge in [0.25, 0.3) is 5.91 Å². The highest BCUT2D eigenvalue weighted by Gasteiger charge is 2.18. The minimum atomic E-state index is -0.292. The standard InChI is InChI=1S/C23H28ClN3O2S/c1-3-13-29-19-6-4-5-17(14-19)22(28)26-23(30)25-18-7-8-21(20(24)15-18)27-11-9-16(2)10-12-27/h4-8,14-16H,3,9-13H2,1-2H3,(H2,25,26,28,30). The Labute approximate surface area is 188 Å². The maximum Gasteiger partial charge on any atom is 0.257 e. The van der Waals surface area contributed by atoms with Crippen LogP contribution in [0.25, 0.3) is 0 Å². The van der Waals surface area contributed by atoms with Crippen molar-refractivity contribution >= 4 is 46.2 Å². The third kappa shape index (κ3) is 6.09. The Bertz CT molecular complexity index is 898. The summed E-state index contributed by atoms with van der Waals surface area (Å²) in [6, 6.07) is 12.8. The molecule has 0 unspecified atom stereocenters. The van der Waals surface area contributed by atoms with E-state index < -0.39 is 0 Å². The molecule has 0 bridgehead atoms. The maximum atomic E-state index is 12.5. The number of carbonyl (C=O) groups excluding carboxylic acids is 1. The van der Waals surface area contributed by atoms with E-state index in [1.165, 1.54) is 12.8 Å². The van der Waals surface area contributed by atoms with E-state index in [9.17, 15) is 4.79 Å². The highest BCUT2D eigenvalue weighted by molar-refractivity contribution is 7.80. The van der Waals surface area contributed by atoms with Crippen LogP contribution in [-0.2, 0) is 0 Å². The zero-order valence-corrected chi connectivity index (χ0v) is 19.0. The lowest BCUT2D eigenvalue weighted by Crippen LogP contribution is -2.34. The lowest BCUT2D eigenvalue weighted by Gasteiger charge is -2.32. The first kappa shape index (κ1) is 22.4. The number of thiocarbonyl (C=S) groups is 1. The van der Waals surface area contributed by atoms with Crippen LogP contribution in [0.15, 0.2) is 42.5 Å². The molecule has 0 spiro atoms. The van der Waals surface area contributed by atoms with Gasteiger partial charge in [0.05, 0.1) is 17.3 Å². The van der Waals surface area contributed by atoms with Crippen molar-refractivity contribution in [2.45, 2.75) is 33.1 Å². The number of ether oxygens (including phenoxy) is 1. The summed E-state index contributed by atoms with van der Waals surface area (Å²) < 4.78 is 5.58. The van der Waals surface area contributed by atoms with Crippen LogP contribution < -0.4 is 20.3 Å². The second-order valence-corrected chi connectivity index (χ2v) is 8.44. The molecule has 0 saturated carbocycles. The molecule has 1 amide bonds. The fourth-order valence-electron chi connectivity index (χ4n) is 3.38. The molecule has 2 aromatic carbocycles. The topological polar surface area (TPSA) is 53.6 Å². The molecule has 2 N–H and O–H groups in total. The van der Waals surface area contributed by atoms with Gasteiger partial charge in [0.2, 0.25) is 0 Å². The average Bonchev–Trinajstić information content (AvgIpc) is 2.73. The molecule has 1 fully saturated rings. The first-order valence-electron chi connectivity index (χ1n) is 10.4. The van der Waals surface area contributed by atoms with E-state index in [1.807, 2.05) is 31.2 Å². The number of halogens is 1. The van der Waals surface area contributed by atoms with Crippen molar-refractivity contribution < 1.29 is 9.53 Å². The van der Waals surface area contributed by atoms with Crippen LogP contribution in [0.3, 0.4) is 0 Å². The summed E-state index contributed by atoms with van der Waals surface area (Å²) in [4.78, 5) is 14.8. The molecule has 1 aliphatic heterocycles. The lowest BCUT2D eigenvalue weighted by molar-refractivity contribution is 0.0977. The predicted molar refractivity (Wildman–Crippen MR) is 128 cm³/mol. The number of rotatable bonds is 6. The first-order chi connectivity index (χ1) is 14.5. The van der Waals surface area contributed by atoms with Gasteiger partial charge in [-0.3, -0.25) is 10.1 Å². The van der Waals surface area contributed by atoms with E-state index in [4.69, 9.17) is 28.6 Å². The van der Waals surface area contributed by atoms with E-state index in [2.05, 4.69) is 22.5 Å². The van der Waals surface area contributed by atoms with Crippen LogP contribution in [0, 0.1) is 5.92 Å². The second-order valence-electron chi connectivity index (χ2n) is 7.62. The minimum absolute atomic E-state index is 0.218. The summed E-state index contributed by atoms with van der Waals surface area (Å²) in [5, 5.41) is 6.63. The van der Waals surface area contributed by atoms with Crippen LogP contribution in [0.5, 0.6) is 5.75 Å². The molecule has 160 valence electrons. The summed E-state index contributed by atoms with van der Waals surface area (Å²) >= 11 is 11.8. The van der Waals surface area contributed by atoms with Crippen molar-refractivity contribution in [2.24, 2.45) is 5.92 Å². The van der Waals surface area contributed by atoms with Gasteiger partial charge in [-0.15, -0.1) is 0 Å². The van der Waals surface area contributed by atoms with Crippen LogP contribution >= 0.6 is 23.8 Å². The van der Waals surface area contributed by atoms with Crippen molar-refractivity contribution in [1.29, 1.82) is 0 Å². The maximum absolute atomic E-state index is 12.5. The Morgan fingerprint density at radius 1 is 1.23 bits per heavy atom. The zero-order chi connectivity index (χ0) is 21.5. The lowest BCUT2D eigenvalue weighted by atomic mass is 9.99. The largest absolute Gasteiger partial charge is 0.494 e. The number of benzene rings is 2. The van der Waals surface area contributed by atoms with Crippen LogP contribution in [0.4, 0.5) is 11.4 Å². The number of nitrogens with zero attached hydrogens (tertiary/aromatic N) is 1. The van der Waals surface area contributed by atoms with Gasteiger partial charge >= 0.3 is 0 Å². The van der Waals surface area contributed by atoms with Gasteiger partial charge in [0.15, 0.2) is 5.11 Å². The van der Waals surface area contributed by atoms with Crippen molar-refractivity contribution in [2.75, 3.05) is 29.9 Å². The molecule has 0 aromatic heterocycles. The Hall–Kier alpha value is -2.31. The molecule has 0 aliphatic carbocycles. The molecule has 5 nitrogen and oxygen atoms in total. The summed E-state index contributed by atoms with van der Waals surface area (Å²) in [5.41, 5.74) is 2.26. The zero-order valence-electron chi connectivity index (χ0n) is 17.4. The van der Waals surface area contributed by atoms with Crippen LogP contribution in [-0.4, -0.2) is 30.7 Å². The third-order valence-corrected chi connectivity index (χ3v) is 5.63. The molecule has 1 heterocycles. The second kappa shape index (κ2) is 10.6. The van der Waals surface area contributed by atoms with Crippen molar-refractivity contribution in [3.63, 3.8) is 0 Å². The Balaban J connectivity index is 1.58. The number of hydrogen-bond acceptors (Lipinski definition) is 4. The molecule has 3 rings (SSSR count). The van der Waals surface area contributed by atoms with Crippen molar-refractivity contribution in [3.8, 4) is 5.75 Å². The Morgan fingerprint density at radius 3 is 2.70 bits per heavy atom. The van der Waals surface area contributed by atoms with Gasteiger partial charge in [0.1, 0.15) is 5.75 Å². The van der Waals surface area contributed by atoms with E-state index >= 15 is 0 Å². The number of piperidine rings is 1. The van der Waals surface area contributed by atoms with Crippen molar-refractivity contribution in [3.05, 3.63) is 53.1 Å². The number of anilines is 2. The summed E-state index contributed by atoms with van der Waals surface area (Å²) in [7, 11) is 0. The van der Waals surface area contributed by atoms with Crippen LogP contribution in [0.2, 0.25) is 5.02 Å². The van der Waals surface area contributed by atoms with E-state index in [0.717, 1.165) is 36.8 Å². The molecule has 7 heteroatoms. The molecule has 1 aliphatic rings. The average molecular weight is 446 g/mol. The van der Waals surface area contributed by atoms with Crippen LogP contribution in [0.1, 0.15) is 43.5 Å². The van der Waals surface area contributed by atoms with Gasteiger partial charge in [-0.25, -0.2) is 0 Å². The Kier molecular flexibility index (Phi) is 7.94.